The summed E-state index contributed by atoms with van der Waals surface area (Å²) in [5.74, 6) is 0.263. The Morgan fingerprint density at radius 1 is 1.06 bits per heavy atom. The molecule has 176 valence electrons. The number of aryl methyl sites for hydroxylation is 1. The van der Waals surface area contributed by atoms with E-state index in [2.05, 4.69) is 10.2 Å². The van der Waals surface area contributed by atoms with Crippen molar-refractivity contribution >= 4 is 34.2 Å². The van der Waals surface area contributed by atoms with Crippen molar-refractivity contribution in [3.8, 4) is 11.4 Å². The Balaban J connectivity index is 1.69. The molecule has 1 atom stereocenters. The molecule has 5 aromatic rings. The third kappa shape index (κ3) is 3.97. The summed E-state index contributed by atoms with van der Waals surface area (Å²) >= 11 is 1.22. The third-order valence-electron chi connectivity index (χ3n) is 5.75. The van der Waals surface area contributed by atoms with Crippen molar-refractivity contribution in [1.82, 2.24) is 19.2 Å². The molecule has 0 saturated carbocycles. The van der Waals surface area contributed by atoms with Gasteiger partial charge >= 0.3 is 0 Å². The van der Waals surface area contributed by atoms with Crippen LogP contribution in [0.4, 0.5) is 4.39 Å². The number of thioether (sulfide) groups is 1. The number of Topliss-reactive ketones (excluding diaryl/α,β-unsaturated/α-hetero) is 1. The molecule has 0 radical (unpaired) electrons. The van der Waals surface area contributed by atoms with E-state index in [1.165, 1.54) is 40.6 Å². The number of carbonyl (C=O) groups excluding carboxylic acids is 1. The Kier molecular flexibility index (Phi) is 5.86. The summed E-state index contributed by atoms with van der Waals surface area (Å²) in [7, 11) is 1.55. The number of fused-ring (bicyclic) bond motifs is 3. The zero-order chi connectivity index (χ0) is 24.7. The highest BCUT2D eigenvalue weighted by atomic mass is 32.2. The van der Waals surface area contributed by atoms with E-state index in [9.17, 15) is 14.0 Å². The molecule has 0 spiro atoms. The van der Waals surface area contributed by atoms with Crippen molar-refractivity contribution in [1.29, 1.82) is 0 Å². The highest BCUT2D eigenvalue weighted by molar-refractivity contribution is 8.00. The zero-order valence-electron chi connectivity index (χ0n) is 19.2. The molecule has 2 aromatic heterocycles. The van der Waals surface area contributed by atoms with Crippen molar-refractivity contribution in [3.05, 3.63) is 94.0 Å². The molecule has 0 aliphatic heterocycles. The lowest BCUT2D eigenvalue weighted by molar-refractivity contribution is 0.0994. The number of rotatable bonds is 6. The van der Waals surface area contributed by atoms with E-state index in [0.29, 0.717) is 38.8 Å². The second-order valence-electron chi connectivity index (χ2n) is 8.08. The average molecular weight is 489 g/mol. The number of hydrogen-bond acceptors (Lipinski definition) is 6. The number of para-hydroxylation sites is 1. The molecular formula is C26H21FN4O3S. The van der Waals surface area contributed by atoms with Crippen molar-refractivity contribution in [2.24, 2.45) is 0 Å². The number of hydrogen-bond donors (Lipinski definition) is 0. The molecule has 0 amide bonds. The Morgan fingerprint density at radius 2 is 1.80 bits per heavy atom. The normalized spacial score (nSPS) is 12.2. The quantitative estimate of drug-likeness (QED) is 0.251. The Hall–Kier alpha value is -3.98. The fraction of sp³-hybridized carbons (Fsp3) is 0.154. The minimum absolute atomic E-state index is 0.162. The molecule has 5 rings (SSSR count). The monoisotopic (exact) mass is 488 g/mol. The van der Waals surface area contributed by atoms with Crippen molar-refractivity contribution in [3.63, 3.8) is 0 Å². The minimum atomic E-state index is -0.527. The van der Waals surface area contributed by atoms with Gasteiger partial charge in [0.2, 0.25) is 5.78 Å². The van der Waals surface area contributed by atoms with Gasteiger partial charge in [-0.25, -0.2) is 8.96 Å². The molecule has 1 unspecified atom stereocenters. The first-order chi connectivity index (χ1) is 16.9. The van der Waals surface area contributed by atoms with Crippen LogP contribution in [0.15, 0.2) is 76.7 Å². The van der Waals surface area contributed by atoms with Gasteiger partial charge in [0.1, 0.15) is 11.6 Å². The molecule has 0 fully saturated rings. The number of benzene rings is 3. The van der Waals surface area contributed by atoms with Gasteiger partial charge in [-0.05, 0) is 67.9 Å². The average Bonchev–Trinajstić information content (AvgIpc) is 3.27. The molecule has 3 aromatic carbocycles. The summed E-state index contributed by atoms with van der Waals surface area (Å²) in [4.78, 5) is 26.6. The van der Waals surface area contributed by atoms with Crippen LogP contribution < -0.4 is 10.3 Å². The first-order valence-electron chi connectivity index (χ1n) is 10.9. The number of nitrogens with zero attached hydrogens (tertiary/aromatic N) is 4. The second kappa shape index (κ2) is 8.99. The highest BCUT2D eigenvalue weighted by Crippen LogP contribution is 2.30. The molecular weight excluding hydrogens is 467 g/mol. The van der Waals surface area contributed by atoms with E-state index in [1.807, 2.05) is 31.2 Å². The van der Waals surface area contributed by atoms with E-state index < -0.39 is 11.1 Å². The van der Waals surface area contributed by atoms with E-state index >= 15 is 0 Å². The fourth-order valence-corrected chi connectivity index (χ4v) is 4.94. The van der Waals surface area contributed by atoms with E-state index in [-0.39, 0.29) is 11.3 Å². The number of aromatic nitrogens is 4. The van der Waals surface area contributed by atoms with Gasteiger partial charge in [0.05, 0.1) is 29.0 Å². The Labute approximate surface area is 204 Å². The number of ketones is 1. The van der Waals surface area contributed by atoms with Crippen LogP contribution in [0.2, 0.25) is 0 Å². The molecule has 9 heteroatoms. The summed E-state index contributed by atoms with van der Waals surface area (Å²) in [6.45, 7) is 3.69. The van der Waals surface area contributed by atoms with Crippen LogP contribution in [0, 0.1) is 12.7 Å². The highest BCUT2D eigenvalue weighted by Gasteiger charge is 2.24. The second-order valence-corrected chi connectivity index (χ2v) is 9.39. The predicted molar refractivity (Wildman–Crippen MR) is 133 cm³/mol. The van der Waals surface area contributed by atoms with Crippen LogP contribution in [-0.2, 0) is 0 Å². The molecule has 0 aliphatic rings. The molecule has 0 N–H and O–H groups in total. The maximum atomic E-state index is 13.6. The van der Waals surface area contributed by atoms with Crippen molar-refractivity contribution < 1.29 is 13.9 Å². The lowest BCUT2D eigenvalue weighted by atomic mass is 10.1. The summed E-state index contributed by atoms with van der Waals surface area (Å²) < 4.78 is 22.1. The van der Waals surface area contributed by atoms with Gasteiger partial charge in [-0.2, -0.15) is 0 Å². The van der Waals surface area contributed by atoms with Crippen LogP contribution in [0.5, 0.6) is 5.75 Å². The summed E-state index contributed by atoms with van der Waals surface area (Å²) in [5.41, 5.74) is 2.28. The van der Waals surface area contributed by atoms with Gasteiger partial charge in [-0.15, -0.1) is 10.2 Å². The summed E-state index contributed by atoms with van der Waals surface area (Å²) in [6.07, 6.45) is 0. The number of ether oxygens (including phenoxy) is 1. The lowest BCUT2D eigenvalue weighted by Gasteiger charge is -2.15. The standard InChI is InChI=1S/C26H21FN4O3S/c1-15-8-13-22(34-3)21(14-15)30-24(33)19-6-4-5-7-20(19)31-25(30)28-29-26(31)35-16(2)23(32)17-9-11-18(27)12-10-17/h4-14,16H,1-3H3. The van der Waals surface area contributed by atoms with Crippen LogP contribution in [0.1, 0.15) is 22.8 Å². The van der Waals surface area contributed by atoms with Gasteiger partial charge in [-0.1, -0.05) is 30.0 Å². The van der Waals surface area contributed by atoms with Crippen LogP contribution in [-0.4, -0.2) is 37.3 Å². The van der Waals surface area contributed by atoms with Gasteiger partial charge in [0.25, 0.3) is 5.56 Å². The van der Waals surface area contributed by atoms with Crippen LogP contribution in [0.3, 0.4) is 0 Å². The molecule has 0 bridgehead atoms. The molecule has 2 heterocycles. The third-order valence-corrected chi connectivity index (χ3v) is 6.79. The predicted octanol–water partition coefficient (Wildman–Crippen LogP) is 4.85. The lowest BCUT2D eigenvalue weighted by Crippen LogP contribution is -2.22. The van der Waals surface area contributed by atoms with E-state index in [4.69, 9.17) is 4.74 Å². The van der Waals surface area contributed by atoms with E-state index in [1.54, 1.807) is 36.6 Å². The summed E-state index contributed by atoms with van der Waals surface area (Å²) in [6, 6.07) is 18.2. The maximum absolute atomic E-state index is 13.6. The SMILES string of the molecule is COc1ccc(C)cc1-n1c(=O)c2ccccc2n2c(SC(C)C(=O)c3ccc(F)cc3)nnc12. The molecule has 0 aliphatic carbocycles. The number of methoxy groups -OCH3 is 1. The van der Waals surface area contributed by atoms with Gasteiger partial charge in [0.15, 0.2) is 10.9 Å². The molecule has 35 heavy (non-hydrogen) atoms. The smallest absolute Gasteiger partial charge is 0.267 e. The first-order valence-corrected chi connectivity index (χ1v) is 11.8. The number of carbonyl (C=O) groups is 1. The van der Waals surface area contributed by atoms with Crippen molar-refractivity contribution in [2.45, 2.75) is 24.3 Å². The Morgan fingerprint density at radius 3 is 2.54 bits per heavy atom. The number of halogens is 1. The van der Waals surface area contributed by atoms with Gasteiger partial charge in [-0.3, -0.25) is 14.0 Å². The first kappa shape index (κ1) is 22.8. The van der Waals surface area contributed by atoms with Gasteiger partial charge < -0.3 is 4.74 Å². The maximum Gasteiger partial charge on any atom is 0.267 e. The molecule has 0 saturated heterocycles. The zero-order valence-corrected chi connectivity index (χ0v) is 20.0. The minimum Gasteiger partial charge on any atom is -0.495 e. The topological polar surface area (TPSA) is 78.5 Å². The fourth-order valence-electron chi connectivity index (χ4n) is 4.01. The Bertz CT molecular complexity index is 1640. The molecule has 7 nitrogen and oxygen atoms in total. The van der Waals surface area contributed by atoms with Crippen LogP contribution in [0.25, 0.3) is 22.4 Å². The van der Waals surface area contributed by atoms with Crippen LogP contribution >= 0.6 is 11.8 Å². The largest absolute Gasteiger partial charge is 0.495 e. The van der Waals surface area contributed by atoms with Gasteiger partial charge in [0, 0.05) is 5.56 Å². The van der Waals surface area contributed by atoms with E-state index in [0.717, 1.165) is 5.56 Å². The van der Waals surface area contributed by atoms with Crippen molar-refractivity contribution in [2.75, 3.05) is 7.11 Å². The summed E-state index contributed by atoms with van der Waals surface area (Å²) in [5, 5.41) is 9.10.